The molecule has 0 aromatic carbocycles. The van der Waals surface area contributed by atoms with Gasteiger partial charge in [0, 0.05) is 19.3 Å². The van der Waals surface area contributed by atoms with Gasteiger partial charge in [0.2, 0.25) is 0 Å². The molecule has 0 atom stereocenters. The van der Waals surface area contributed by atoms with Crippen LogP contribution in [0.2, 0.25) is 0 Å². The predicted molar refractivity (Wildman–Crippen MR) is 72.2 cm³/mol. The van der Waals surface area contributed by atoms with Crippen LogP contribution in [0.3, 0.4) is 0 Å². The highest BCUT2D eigenvalue weighted by Gasteiger charge is 2.31. The van der Waals surface area contributed by atoms with Crippen LogP contribution < -0.4 is 5.73 Å². The number of anilines is 1. The highest BCUT2D eigenvalue weighted by atomic mass is 16.2. The summed E-state index contributed by atoms with van der Waals surface area (Å²) in [4.78, 5) is 18.2. The summed E-state index contributed by atoms with van der Waals surface area (Å²) < 4.78 is 0. The number of likely N-dealkylation sites (tertiary alicyclic amines) is 1. The van der Waals surface area contributed by atoms with E-state index < -0.39 is 0 Å². The zero-order valence-corrected chi connectivity index (χ0v) is 11.1. The van der Waals surface area contributed by atoms with Gasteiger partial charge in [-0.2, -0.15) is 0 Å². The number of pyridine rings is 1. The maximum atomic E-state index is 12.3. The fraction of sp³-hybridized carbons (Fsp3) is 0.571. The van der Waals surface area contributed by atoms with Crippen LogP contribution in [0, 0.1) is 5.41 Å². The Hall–Kier alpha value is -1.58. The number of nitrogens with two attached hydrogens (primary N) is 1. The van der Waals surface area contributed by atoms with Crippen molar-refractivity contribution in [1.82, 2.24) is 9.88 Å². The minimum Gasteiger partial charge on any atom is -0.383 e. The maximum absolute atomic E-state index is 12.3. The van der Waals surface area contributed by atoms with E-state index in [1.165, 1.54) is 6.42 Å². The van der Waals surface area contributed by atoms with Crippen LogP contribution >= 0.6 is 0 Å². The summed E-state index contributed by atoms with van der Waals surface area (Å²) in [5.41, 5.74) is 6.66. The summed E-state index contributed by atoms with van der Waals surface area (Å²) in [5.74, 6) is 0.338. The summed E-state index contributed by atoms with van der Waals surface area (Å²) in [7, 11) is 0. The molecule has 1 aliphatic rings. The Morgan fingerprint density at radius 2 is 2.17 bits per heavy atom. The molecule has 2 N–H and O–H groups in total. The largest absolute Gasteiger partial charge is 0.383 e. The Bertz CT molecular complexity index is 436. The topological polar surface area (TPSA) is 59.2 Å². The van der Waals surface area contributed by atoms with Crippen LogP contribution in [0.5, 0.6) is 0 Å². The summed E-state index contributed by atoms with van der Waals surface area (Å²) >= 11 is 0. The number of hydrogen-bond acceptors (Lipinski definition) is 3. The molecule has 1 fully saturated rings. The lowest BCUT2D eigenvalue weighted by molar-refractivity contribution is 0.0601. The zero-order valence-electron chi connectivity index (χ0n) is 11.1. The van der Waals surface area contributed by atoms with Gasteiger partial charge in [-0.3, -0.25) is 4.79 Å². The minimum absolute atomic E-state index is 0.0127. The Labute approximate surface area is 108 Å². The molecule has 0 bridgehead atoms. The third-order valence-corrected chi connectivity index (χ3v) is 4.18. The fourth-order valence-corrected chi connectivity index (χ4v) is 2.37. The van der Waals surface area contributed by atoms with Crippen molar-refractivity contribution in [3.63, 3.8) is 0 Å². The fourth-order valence-electron chi connectivity index (χ4n) is 2.37. The second-order valence-electron chi connectivity index (χ2n) is 5.39. The Kier molecular flexibility index (Phi) is 3.55. The molecule has 0 aliphatic carbocycles. The van der Waals surface area contributed by atoms with Crippen molar-refractivity contribution in [2.24, 2.45) is 5.41 Å². The van der Waals surface area contributed by atoms with Gasteiger partial charge < -0.3 is 10.6 Å². The van der Waals surface area contributed by atoms with E-state index in [9.17, 15) is 4.79 Å². The second kappa shape index (κ2) is 4.96. The summed E-state index contributed by atoms with van der Waals surface area (Å²) in [6.45, 7) is 6.15. The Morgan fingerprint density at radius 1 is 1.50 bits per heavy atom. The lowest BCUT2D eigenvalue weighted by Gasteiger charge is -2.39. The molecule has 4 heteroatoms. The van der Waals surface area contributed by atoms with Gasteiger partial charge in [-0.05, 0) is 30.4 Å². The maximum Gasteiger partial charge on any atom is 0.257 e. The number of piperidine rings is 1. The van der Waals surface area contributed by atoms with Crippen molar-refractivity contribution in [3.05, 3.63) is 23.9 Å². The molecule has 1 aromatic heterocycles. The van der Waals surface area contributed by atoms with Crippen molar-refractivity contribution in [3.8, 4) is 0 Å². The molecular formula is C14H21N3O. The standard InChI is InChI=1S/C14H21N3O/c1-3-14(2)6-9-17(10-7-14)13(18)11-5-4-8-16-12(11)15/h4-5,8H,3,6-7,9-10H2,1-2H3,(H2,15,16). The van der Waals surface area contributed by atoms with E-state index in [2.05, 4.69) is 18.8 Å². The number of carbonyl (C=O) groups excluding carboxylic acids is 1. The number of nitrogens with zero attached hydrogens (tertiary/aromatic N) is 2. The van der Waals surface area contributed by atoms with E-state index in [0.29, 0.717) is 16.8 Å². The van der Waals surface area contributed by atoms with Gasteiger partial charge in [0.05, 0.1) is 5.56 Å². The minimum atomic E-state index is 0.0127. The number of amides is 1. The number of aromatic nitrogens is 1. The monoisotopic (exact) mass is 247 g/mol. The third-order valence-electron chi connectivity index (χ3n) is 4.18. The first-order valence-electron chi connectivity index (χ1n) is 6.55. The SMILES string of the molecule is CCC1(C)CCN(C(=O)c2cccnc2N)CC1. The van der Waals surface area contributed by atoms with Gasteiger partial charge in [0.1, 0.15) is 5.82 Å². The summed E-state index contributed by atoms with van der Waals surface area (Å²) in [5, 5.41) is 0. The summed E-state index contributed by atoms with van der Waals surface area (Å²) in [6, 6.07) is 3.50. The first kappa shape index (κ1) is 12.9. The third kappa shape index (κ3) is 2.47. The van der Waals surface area contributed by atoms with Crippen molar-refractivity contribution in [1.29, 1.82) is 0 Å². The van der Waals surface area contributed by atoms with Gasteiger partial charge in [0.15, 0.2) is 0 Å². The molecule has 1 amide bonds. The molecule has 0 unspecified atom stereocenters. The van der Waals surface area contributed by atoms with Crippen LogP contribution in [0.4, 0.5) is 5.82 Å². The van der Waals surface area contributed by atoms with Gasteiger partial charge in [-0.15, -0.1) is 0 Å². The van der Waals surface area contributed by atoms with Crippen LogP contribution in [0.15, 0.2) is 18.3 Å². The van der Waals surface area contributed by atoms with Crippen LogP contribution in [-0.4, -0.2) is 28.9 Å². The molecular weight excluding hydrogens is 226 g/mol. The lowest BCUT2D eigenvalue weighted by atomic mass is 9.78. The first-order valence-corrected chi connectivity index (χ1v) is 6.55. The van der Waals surface area contributed by atoms with Crippen LogP contribution in [-0.2, 0) is 0 Å². The van der Waals surface area contributed by atoms with Crippen molar-refractivity contribution >= 4 is 11.7 Å². The second-order valence-corrected chi connectivity index (χ2v) is 5.39. The quantitative estimate of drug-likeness (QED) is 0.872. The molecule has 0 spiro atoms. The van der Waals surface area contributed by atoms with Gasteiger partial charge in [-0.1, -0.05) is 20.3 Å². The van der Waals surface area contributed by atoms with Gasteiger partial charge in [-0.25, -0.2) is 4.98 Å². The van der Waals surface area contributed by atoms with E-state index in [0.717, 1.165) is 25.9 Å². The zero-order chi connectivity index (χ0) is 13.2. The van der Waals surface area contributed by atoms with Gasteiger partial charge >= 0.3 is 0 Å². The van der Waals surface area contributed by atoms with E-state index >= 15 is 0 Å². The highest BCUT2D eigenvalue weighted by molar-refractivity contribution is 5.98. The summed E-state index contributed by atoms with van der Waals surface area (Å²) in [6.07, 6.45) is 4.91. The van der Waals surface area contributed by atoms with Crippen molar-refractivity contribution in [2.45, 2.75) is 33.1 Å². The average molecular weight is 247 g/mol. The molecule has 1 aromatic rings. The Morgan fingerprint density at radius 3 is 2.72 bits per heavy atom. The normalized spacial score (nSPS) is 18.7. The number of rotatable bonds is 2. The average Bonchev–Trinajstić information content (AvgIpc) is 2.39. The lowest BCUT2D eigenvalue weighted by Crippen LogP contribution is -2.42. The first-order chi connectivity index (χ1) is 8.56. The van der Waals surface area contributed by atoms with Crippen molar-refractivity contribution < 1.29 is 4.79 Å². The van der Waals surface area contributed by atoms with Crippen LogP contribution in [0.1, 0.15) is 43.5 Å². The van der Waals surface area contributed by atoms with E-state index in [1.54, 1.807) is 18.3 Å². The Balaban J connectivity index is 2.07. The van der Waals surface area contributed by atoms with Crippen molar-refractivity contribution in [2.75, 3.05) is 18.8 Å². The number of nitrogen functional groups attached to an aromatic ring is 1. The molecule has 1 saturated heterocycles. The molecule has 1 aliphatic heterocycles. The molecule has 4 nitrogen and oxygen atoms in total. The highest BCUT2D eigenvalue weighted by Crippen LogP contribution is 2.34. The van der Waals surface area contributed by atoms with Gasteiger partial charge in [0.25, 0.3) is 5.91 Å². The molecule has 0 saturated carbocycles. The number of carbonyl (C=O) groups is 1. The predicted octanol–water partition coefficient (Wildman–Crippen LogP) is 2.32. The van der Waals surface area contributed by atoms with E-state index in [1.807, 2.05) is 4.90 Å². The molecule has 18 heavy (non-hydrogen) atoms. The van der Waals surface area contributed by atoms with E-state index in [-0.39, 0.29) is 5.91 Å². The van der Waals surface area contributed by atoms with E-state index in [4.69, 9.17) is 5.73 Å². The molecule has 2 heterocycles. The molecule has 0 radical (unpaired) electrons. The number of hydrogen-bond donors (Lipinski definition) is 1. The smallest absolute Gasteiger partial charge is 0.257 e. The molecule has 2 rings (SSSR count). The van der Waals surface area contributed by atoms with Crippen LogP contribution in [0.25, 0.3) is 0 Å². The molecule has 98 valence electrons.